The number of likely N-dealkylation sites (tertiary alicyclic amines) is 1. The molecular formula is C30H43N5O3S. The highest BCUT2D eigenvalue weighted by Crippen LogP contribution is 2.35. The molecule has 8 nitrogen and oxygen atoms in total. The van der Waals surface area contributed by atoms with E-state index in [-0.39, 0.29) is 18.0 Å². The van der Waals surface area contributed by atoms with Crippen molar-refractivity contribution in [2.24, 2.45) is 21.6 Å². The summed E-state index contributed by atoms with van der Waals surface area (Å²) in [7, 11) is 1.50. The third-order valence-electron chi connectivity index (χ3n) is 6.98. The first kappa shape index (κ1) is 30.6. The summed E-state index contributed by atoms with van der Waals surface area (Å²) in [6.45, 7) is 12.9. The summed E-state index contributed by atoms with van der Waals surface area (Å²) in [5, 5.41) is 0.449. The predicted octanol–water partition coefficient (Wildman–Crippen LogP) is 5.95. The normalized spacial score (nSPS) is 24.1. The van der Waals surface area contributed by atoms with Crippen LogP contribution in [-0.4, -0.2) is 71.4 Å². The lowest BCUT2D eigenvalue weighted by Gasteiger charge is -2.34. The molecule has 2 unspecified atom stereocenters. The Morgan fingerprint density at radius 3 is 2.33 bits per heavy atom. The molecule has 2 atom stereocenters. The number of benzene rings is 1. The Balaban J connectivity index is 0.00000205. The van der Waals surface area contributed by atoms with Crippen molar-refractivity contribution in [3.63, 3.8) is 0 Å². The quantitative estimate of drug-likeness (QED) is 0.454. The number of hydrogen-bond donors (Lipinski definition) is 1. The van der Waals surface area contributed by atoms with Gasteiger partial charge in [0.25, 0.3) is 5.91 Å². The first-order valence-electron chi connectivity index (χ1n) is 13.7. The van der Waals surface area contributed by atoms with E-state index in [0.29, 0.717) is 30.1 Å². The molecule has 4 rings (SSSR count). The molecule has 2 N–H and O–H groups in total. The van der Waals surface area contributed by atoms with Crippen LogP contribution in [-0.2, 0) is 9.53 Å². The average Bonchev–Trinajstić information content (AvgIpc) is 3.33. The van der Waals surface area contributed by atoms with Gasteiger partial charge in [-0.2, -0.15) is 0 Å². The lowest BCUT2D eigenvalue weighted by molar-refractivity contribution is -0.124. The highest BCUT2D eigenvalue weighted by Gasteiger charge is 2.37. The van der Waals surface area contributed by atoms with Gasteiger partial charge in [0, 0.05) is 47.1 Å². The molecule has 39 heavy (non-hydrogen) atoms. The van der Waals surface area contributed by atoms with E-state index in [0.717, 1.165) is 43.4 Å². The van der Waals surface area contributed by atoms with E-state index in [9.17, 15) is 9.59 Å². The molecule has 0 radical (unpaired) electrons. The number of aliphatic imine (C=N–C) groups is 2. The smallest absolute Gasteiger partial charge is 0.410 e. The van der Waals surface area contributed by atoms with Gasteiger partial charge in [0.15, 0.2) is 0 Å². The molecule has 1 aliphatic carbocycles. The van der Waals surface area contributed by atoms with E-state index in [1.807, 2.05) is 54.5 Å². The van der Waals surface area contributed by atoms with E-state index in [2.05, 4.69) is 36.5 Å². The fraction of sp³-hybridized carbons (Fsp3) is 0.533. The zero-order chi connectivity index (χ0) is 28.6. The molecule has 2 aliphatic heterocycles. The van der Waals surface area contributed by atoms with Crippen LogP contribution in [0.15, 0.2) is 63.1 Å². The van der Waals surface area contributed by atoms with Crippen LogP contribution in [0.1, 0.15) is 59.8 Å². The van der Waals surface area contributed by atoms with Crippen LogP contribution in [0.5, 0.6) is 0 Å². The third-order valence-corrected chi connectivity index (χ3v) is 8.32. The van der Waals surface area contributed by atoms with Crippen molar-refractivity contribution in [2.45, 2.75) is 81.6 Å². The van der Waals surface area contributed by atoms with E-state index in [1.165, 1.54) is 11.9 Å². The Hall–Kier alpha value is -2.91. The summed E-state index contributed by atoms with van der Waals surface area (Å²) < 4.78 is 5.51. The van der Waals surface area contributed by atoms with Gasteiger partial charge in [0.05, 0.1) is 5.69 Å². The first-order valence-corrected chi connectivity index (χ1v) is 14.6. The minimum atomic E-state index is -0.472. The fourth-order valence-electron chi connectivity index (χ4n) is 5.10. The maximum absolute atomic E-state index is 12.9. The molecule has 0 aromatic heterocycles. The Bertz CT molecular complexity index is 1100. The monoisotopic (exact) mass is 553 g/mol. The average molecular weight is 554 g/mol. The standard InChI is InChI=1S/C29H38N4O3S.CH5N/c1-20-7-6-8-25(20)33-26(34)14-9-21(19-30-5)27(33)31-22-10-12-23(13-11-22)37-24-15-17-32(18-16-24)28(35)36-29(2,3)4;1-2/h9-14,19-20,24-25H,5-8,15-18H2,1-4H3;2H2,1H3/b21-19-,31-27?;. The molecule has 2 fully saturated rings. The first-order chi connectivity index (χ1) is 18.6. The predicted molar refractivity (Wildman–Crippen MR) is 161 cm³/mol. The zero-order valence-corrected chi connectivity index (χ0v) is 24.7. The minimum Gasteiger partial charge on any atom is -0.444 e. The Kier molecular flexibility index (Phi) is 10.9. The second-order valence-corrected chi connectivity index (χ2v) is 12.4. The van der Waals surface area contributed by atoms with Crippen molar-refractivity contribution in [1.82, 2.24) is 9.80 Å². The number of amidine groups is 1. The number of ether oxygens (including phenoxy) is 1. The number of amides is 2. The largest absolute Gasteiger partial charge is 0.444 e. The number of carbonyl (C=O) groups is 2. The van der Waals surface area contributed by atoms with Gasteiger partial charge < -0.3 is 15.4 Å². The topological polar surface area (TPSA) is 101 Å². The van der Waals surface area contributed by atoms with Gasteiger partial charge in [0.1, 0.15) is 11.4 Å². The third kappa shape index (κ3) is 8.29. The van der Waals surface area contributed by atoms with Gasteiger partial charge in [-0.05, 0) is 96.5 Å². The SMILES string of the molecule is C=N/C=C1/C=CC(=O)N(C2CCCC2C)C1=Nc1ccc(SC2CCN(C(=O)OC(C)(C)C)CC2)cc1.CN. The van der Waals surface area contributed by atoms with E-state index in [4.69, 9.17) is 9.73 Å². The summed E-state index contributed by atoms with van der Waals surface area (Å²) in [6, 6.07) is 8.32. The highest BCUT2D eigenvalue weighted by atomic mass is 32.2. The Labute approximate surface area is 237 Å². The van der Waals surface area contributed by atoms with Gasteiger partial charge in [-0.3, -0.25) is 14.7 Å². The molecule has 3 aliphatic rings. The van der Waals surface area contributed by atoms with Gasteiger partial charge in [-0.15, -0.1) is 11.8 Å². The summed E-state index contributed by atoms with van der Waals surface area (Å²) >= 11 is 1.84. The van der Waals surface area contributed by atoms with Crippen molar-refractivity contribution >= 4 is 42.0 Å². The van der Waals surface area contributed by atoms with Crippen molar-refractivity contribution in [3.05, 3.63) is 48.2 Å². The second kappa shape index (κ2) is 13.9. The molecule has 9 heteroatoms. The van der Waals surface area contributed by atoms with Gasteiger partial charge in [-0.25, -0.2) is 9.79 Å². The highest BCUT2D eigenvalue weighted by molar-refractivity contribution is 8.00. The fourth-order valence-corrected chi connectivity index (χ4v) is 6.23. The van der Waals surface area contributed by atoms with Crippen LogP contribution >= 0.6 is 11.8 Å². The molecule has 212 valence electrons. The molecule has 0 bridgehead atoms. The van der Waals surface area contributed by atoms with Gasteiger partial charge >= 0.3 is 6.09 Å². The number of carbonyl (C=O) groups excluding carboxylic acids is 2. The second-order valence-electron chi connectivity index (χ2n) is 11.0. The van der Waals surface area contributed by atoms with E-state index < -0.39 is 5.60 Å². The van der Waals surface area contributed by atoms with Crippen LogP contribution in [0.4, 0.5) is 10.5 Å². The molecule has 2 amide bonds. The van der Waals surface area contributed by atoms with Crippen LogP contribution in [0.3, 0.4) is 0 Å². The van der Waals surface area contributed by atoms with Crippen molar-refractivity contribution in [1.29, 1.82) is 0 Å². The summed E-state index contributed by atoms with van der Waals surface area (Å²) in [6.07, 6.45) is 9.91. The maximum Gasteiger partial charge on any atom is 0.410 e. The Morgan fingerprint density at radius 2 is 1.77 bits per heavy atom. The van der Waals surface area contributed by atoms with Crippen molar-refractivity contribution in [3.8, 4) is 0 Å². The Morgan fingerprint density at radius 1 is 1.10 bits per heavy atom. The van der Waals surface area contributed by atoms with Crippen LogP contribution in [0.2, 0.25) is 0 Å². The zero-order valence-electron chi connectivity index (χ0n) is 23.9. The number of hydrogen-bond acceptors (Lipinski definition) is 7. The number of rotatable bonds is 5. The van der Waals surface area contributed by atoms with Crippen LogP contribution < -0.4 is 5.73 Å². The molecule has 1 aromatic rings. The van der Waals surface area contributed by atoms with Crippen LogP contribution in [0.25, 0.3) is 0 Å². The number of nitrogens with zero attached hydrogens (tertiary/aromatic N) is 4. The van der Waals surface area contributed by atoms with Gasteiger partial charge in [0.2, 0.25) is 0 Å². The molecular weight excluding hydrogens is 510 g/mol. The van der Waals surface area contributed by atoms with E-state index >= 15 is 0 Å². The number of nitrogens with two attached hydrogens (primary N) is 1. The minimum absolute atomic E-state index is 0.0244. The lowest BCUT2D eigenvalue weighted by Crippen LogP contribution is -2.47. The van der Waals surface area contributed by atoms with E-state index in [1.54, 1.807) is 18.4 Å². The molecule has 1 aromatic carbocycles. The van der Waals surface area contributed by atoms with Crippen molar-refractivity contribution < 1.29 is 14.3 Å². The molecule has 1 saturated heterocycles. The number of thioether (sulfide) groups is 1. The molecule has 2 heterocycles. The molecule has 1 saturated carbocycles. The van der Waals surface area contributed by atoms with Crippen LogP contribution in [0, 0.1) is 5.92 Å². The van der Waals surface area contributed by atoms with Gasteiger partial charge in [-0.1, -0.05) is 13.3 Å². The lowest BCUT2D eigenvalue weighted by atomic mass is 10.0. The maximum atomic E-state index is 12.9. The summed E-state index contributed by atoms with van der Waals surface area (Å²) in [5.41, 5.74) is 5.62. The molecule has 0 spiro atoms. The van der Waals surface area contributed by atoms with Crippen molar-refractivity contribution in [2.75, 3.05) is 20.1 Å². The summed E-state index contributed by atoms with van der Waals surface area (Å²) in [4.78, 5) is 39.0. The number of piperidine rings is 1. The summed E-state index contributed by atoms with van der Waals surface area (Å²) in [5.74, 6) is 1.05.